The van der Waals surface area contributed by atoms with Crippen LogP contribution in [0.25, 0.3) is 6.08 Å². The van der Waals surface area contributed by atoms with Crippen LogP contribution in [-0.2, 0) is 11.4 Å². The first kappa shape index (κ1) is 18.3. The van der Waals surface area contributed by atoms with Crippen LogP contribution in [0.1, 0.15) is 11.1 Å². The minimum Gasteiger partial charge on any atom is -0.493 e. The van der Waals surface area contributed by atoms with E-state index in [0.717, 1.165) is 11.8 Å². The van der Waals surface area contributed by atoms with E-state index < -0.39 is 17.0 Å². The summed E-state index contributed by atoms with van der Waals surface area (Å²) < 4.78 is 24.1. The molecule has 0 bridgehead atoms. The molecule has 0 atom stereocenters. The third-order valence-electron chi connectivity index (χ3n) is 3.53. The molecule has 1 aliphatic rings. The van der Waals surface area contributed by atoms with Crippen LogP contribution in [0.2, 0.25) is 5.02 Å². The monoisotopic (exact) mass is 393 g/mol. The number of hydrogen-bond acceptors (Lipinski definition) is 5. The molecule has 0 aliphatic carbocycles. The van der Waals surface area contributed by atoms with Crippen molar-refractivity contribution in [2.75, 3.05) is 7.11 Å². The lowest BCUT2D eigenvalue weighted by molar-refractivity contribution is -0.115. The van der Waals surface area contributed by atoms with Gasteiger partial charge in [0, 0.05) is 5.56 Å². The van der Waals surface area contributed by atoms with E-state index >= 15 is 0 Å². The second-order valence-corrected chi connectivity index (χ2v) is 6.71. The van der Waals surface area contributed by atoms with Gasteiger partial charge in [0.15, 0.2) is 11.5 Å². The van der Waals surface area contributed by atoms with Crippen LogP contribution < -0.4 is 14.8 Å². The number of hydrogen-bond donors (Lipinski definition) is 1. The molecule has 0 saturated carbocycles. The van der Waals surface area contributed by atoms with Crippen molar-refractivity contribution in [2.24, 2.45) is 0 Å². The van der Waals surface area contributed by atoms with Crippen LogP contribution in [0.4, 0.5) is 9.18 Å². The third-order valence-corrected chi connectivity index (χ3v) is 4.69. The lowest BCUT2D eigenvalue weighted by atomic mass is 10.2. The topological polar surface area (TPSA) is 64.6 Å². The quantitative estimate of drug-likeness (QED) is 0.763. The highest BCUT2D eigenvalue weighted by atomic mass is 35.5. The fraction of sp³-hybridized carbons (Fsp3) is 0.111. The largest absolute Gasteiger partial charge is 0.493 e. The normalized spacial score (nSPS) is 15.3. The van der Waals surface area contributed by atoms with Crippen molar-refractivity contribution in [3.05, 3.63) is 63.3 Å². The highest BCUT2D eigenvalue weighted by Gasteiger charge is 2.25. The maximum atomic E-state index is 13.1. The average Bonchev–Trinajstić information content (AvgIpc) is 2.92. The fourth-order valence-electron chi connectivity index (χ4n) is 2.26. The molecule has 2 amide bonds. The Balaban J connectivity index is 1.77. The van der Waals surface area contributed by atoms with Crippen LogP contribution in [0.15, 0.2) is 41.3 Å². The zero-order chi connectivity index (χ0) is 18.7. The molecule has 5 nitrogen and oxygen atoms in total. The van der Waals surface area contributed by atoms with Gasteiger partial charge in [-0.3, -0.25) is 14.9 Å². The number of carbonyl (C=O) groups excluding carboxylic acids is 2. The Morgan fingerprint density at radius 3 is 2.65 bits per heavy atom. The van der Waals surface area contributed by atoms with Gasteiger partial charge in [-0.25, -0.2) is 4.39 Å². The lowest BCUT2D eigenvalue weighted by Gasteiger charge is -2.12. The van der Waals surface area contributed by atoms with Crippen LogP contribution in [-0.4, -0.2) is 18.3 Å². The molecule has 1 aliphatic heterocycles. The predicted molar refractivity (Wildman–Crippen MR) is 97.8 cm³/mol. The van der Waals surface area contributed by atoms with Gasteiger partial charge in [0.1, 0.15) is 12.4 Å². The molecule has 1 saturated heterocycles. The zero-order valence-corrected chi connectivity index (χ0v) is 15.1. The second kappa shape index (κ2) is 7.80. The molecular formula is C18H13ClFNO4S. The van der Waals surface area contributed by atoms with Crippen molar-refractivity contribution in [2.45, 2.75) is 6.61 Å². The summed E-state index contributed by atoms with van der Waals surface area (Å²) in [5.41, 5.74) is 1.32. The number of amides is 2. The number of thioether (sulfide) groups is 1. The summed E-state index contributed by atoms with van der Waals surface area (Å²) in [7, 11) is 1.49. The second-order valence-electron chi connectivity index (χ2n) is 5.29. The molecule has 1 N–H and O–H groups in total. The first-order chi connectivity index (χ1) is 12.5. The molecule has 0 unspecified atom stereocenters. The summed E-state index contributed by atoms with van der Waals surface area (Å²) in [5, 5.41) is 2.07. The van der Waals surface area contributed by atoms with Gasteiger partial charge < -0.3 is 9.47 Å². The molecule has 0 aromatic heterocycles. The molecule has 8 heteroatoms. The van der Waals surface area contributed by atoms with E-state index in [0.29, 0.717) is 27.5 Å². The van der Waals surface area contributed by atoms with Crippen LogP contribution in [0, 0.1) is 5.82 Å². The number of methoxy groups -OCH3 is 1. The summed E-state index contributed by atoms with van der Waals surface area (Å²) >= 11 is 6.83. The fourth-order valence-corrected chi connectivity index (χ4v) is 3.16. The molecule has 3 rings (SSSR count). The van der Waals surface area contributed by atoms with Gasteiger partial charge in [0.2, 0.25) is 0 Å². The minimum atomic E-state index is -0.426. The van der Waals surface area contributed by atoms with Crippen molar-refractivity contribution in [3.8, 4) is 11.5 Å². The molecule has 134 valence electrons. The highest BCUT2D eigenvalue weighted by Crippen LogP contribution is 2.32. The van der Waals surface area contributed by atoms with E-state index in [4.69, 9.17) is 21.1 Å². The number of nitrogens with one attached hydrogen (secondary N) is 1. The molecule has 0 radical (unpaired) electrons. The number of imide groups is 1. The Morgan fingerprint density at radius 1 is 1.19 bits per heavy atom. The van der Waals surface area contributed by atoms with Gasteiger partial charge in [-0.15, -0.1) is 0 Å². The van der Waals surface area contributed by atoms with Gasteiger partial charge in [0.25, 0.3) is 11.1 Å². The smallest absolute Gasteiger partial charge is 0.290 e. The van der Waals surface area contributed by atoms with E-state index in [1.807, 2.05) is 0 Å². The van der Waals surface area contributed by atoms with Gasteiger partial charge in [-0.05, 0) is 47.7 Å². The molecule has 2 aromatic rings. The van der Waals surface area contributed by atoms with Crippen molar-refractivity contribution in [3.63, 3.8) is 0 Å². The van der Waals surface area contributed by atoms with E-state index in [9.17, 15) is 14.0 Å². The van der Waals surface area contributed by atoms with Crippen molar-refractivity contribution in [1.29, 1.82) is 0 Å². The summed E-state index contributed by atoms with van der Waals surface area (Å²) in [4.78, 5) is 23.1. The van der Waals surface area contributed by atoms with E-state index in [-0.39, 0.29) is 11.6 Å². The Labute approximate surface area is 158 Å². The van der Waals surface area contributed by atoms with Gasteiger partial charge in [-0.2, -0.15) is 0 Å². The summed E-state index contributed by atoms with van der Waals surface area (Å²) in [6, 6.07) is 9.18. The number of carbonyl (C=O) groups is 2. The summed E-state index contributed by atoms with van der Waals surface area (Å²) in [5.74, 6) is 0.0771. The molecule has 1 fully saturated rings. The van der Waals surface area contributed by atoms with Crippen molar-refractivity contribution >= 4 is 40.6 Å². The van der Waals surface area contributed by atoms with Gasteiger partial charge in [0.05, 0.1) is 17.0 Å². The first-order valence-electron chi connectivity index (χ1n) is 7.46. The maximum absolute atomic E-state index is 13.1. The van der Waals surface area contributed by atoms with Crippen LogP contribution in [0.3, 0.4) is 0 Å². The van der Waals surface area contributed by atoms with E-state index in [1.54, 1.807) is 30.3 Å². The highest BCUT2D eigenvalue weighted by molar-refractivity contribution is 8.18. The number of ether oxygens (including phenoxy) is 2. The number of rotatable bonds is 5. The molecular weight excluding hydrogens is 381 g/mol. The molecule has 0 spiro atoms. The first-order valence-corrected chi connectivity index (χ1v) is 8.65. The zero-order valence-electron chi connectivity index (χ0n) is 13.5. The molecule has 2 aromatic carbocycles. The lowest BCUT2D eigenvalue weighted by Crippen LogP contribution is -2.17. The number of halogens is 2. The van der Waals surface area contributed by atoms with Crippen molar-refractivity contribution in [1.82, 2.24) is 5.32 Å². The summed E-state index contributed by atoms with van der Waals surface area (Å²) in [6.45, 7) is 0.142. The third kappa shape index (κ3) is 4.17. The van der Waals surface area contributed by atoms with E-state index in [1.165, 1.54) is 19.2 Å². The van der Waals surface area contributed by atoms with Crippen LogP contribution in [0.5, 0.6) is 11.5 Å². The Kier molecular flexibility index (Phi) is 5.49. The number of benzene rings is 2. The average molecular weight is 394 g/mol. The summed E-state index contributed by atoms with van der Waals surface area (Å²) in [6.07, 6.45) is 1.59. The standard InChI is InChI=1S/C18H13ClFNO4S/c1-24-15-6-10(7-16-17(22)21-18(23)26-16)2-5-14(15)25-9-11-3-4-12(20)8-13(11)19/h2-8H,9H2,1H3,(H,21,22,23). The predicted octanol–water partition coefficient (Wildman–Crippen LogP) is 4.39. The van der Waals surface area contributed by atoms with Gasteiger partial charge >= 0.3 is 0 Å². The minimum absolute atomic E-state index is 0.142. The Morgan fingerprint density at radius 2 is 2.00 bits per heavy atom. The maximum Gasteiger partial charge on any atom is 0.290 e. The Bertz CT molecular complexity index is 916. The molecule has 26 heavy (non-hydrogen) atoms. The van der Waals surface area contributed by atoms with Gasteiger partial charge in [-0.1, -0.05) is 23.7 Å². The van der Waals surface area contributed by atoms with Crippen LogP contribution >= 0.6 is 23.4 Å². The SMILES string of the molecule is COc1cc(C=C2SC(=O)NC2=O)ccc1OCc1ccc(F)cc1Cl. The van der Waals surface area contributed by atoms with Crippen molar-refractivity contribution < 1.29 is 23.5 Å². The Hall–Kier alpha value is -2.51. The van der Waals surface area contributed by atoms with E-state index in [2.05, 4.69) is 5.32 Å². The molecule has 1 heterocycles.